The highest BCUT2D eigenvalue weighted by molar-refractivity contribution is 5.85. The average Bonchev–Trinajstić information content (AvgIpc) is 2.35. The smallest absolute Gasteiger partial charge is 0.221 e. The van der Waals surface area contributed by atoms with E-state index in [2.05, 4.69) is 19.2 Å². The fraction of sp³-hybridized carbons (Fsp3) is 0.533. The van der Waals surface area contributed by atoms with Crippen LogP contribution >= 0.6 is 12.4 Å². The molecule has 0 aliphatic carbocycles. The molecule has 0 bridgehead atoms. The van der Waals surface area contributed by atoms with E-state index >= 15 is 0 Å². The molecule has 4 heteroatoms. The van der Waals surface area contributed by atoms with E-state index in [9.17, 15) is 4.79 Å². The maximum atomic E-state index is 11.7. The van der Waals surface area contributed by atoms with Crippen LogP contribution in [-0.2, 0) is 4.79 Å². The van der Waals surface area contributed by atoms with Gasteiger partial charge in [-0.05, 0) is 24.3 Å². The van der Waals surface area contributed by atoms with Crippen LogP contribution < -0.4 is 11.1 Å². The van der Waals surface area contributed by atoms with Gasteiger partial charge in [-0.25, -0.2) is 0 Å². The summed E-state index contributed by atoms with van der Waals surface area (Å²) in [6.07, 6.45) is 2.53. The van der Waals surface area contributed by atoms with Crippen molar-refractivity contribution in [1.82, 2.24) is 5.32 Å². The van der Waals surface area contributed by atoms with E-state index in [0.29, 0.717) is 12.3 Å². The molecule has 1 rings (SSSR count). The van der Waals surface area contributed by atoms with Crippen LogP contribution in [0.3, 0.4) is 0 Å². The second-order valence-electron chi connectivity index (χ2n) is 5.11. The van der Waals surface area contributed by atoms with Gasteiger partial charge in [0.1, 0.15) is 0 Å². The number of carbonyl (C=O) groups is 1. The van der Waals surface area contributed by atoms with Crippen molar-refractivity contribution in [1.29, 1.82) is 0 Å². The van der Waals surface area contributed by atoms with Crippen LogP contribution in [0.5, 0.6) is 0 Å². The fourth-order valence-corrected chi connectivity index (χ4v) is 1.83. The molecule has 0 heterocycles. The molecule has 19 heavy (non-hydrogen) atoms. The van der Waals surface area contributed by atoms with E-state index in [-0.39, 0.29) is 24.4 Å². The number of nitrogens with two attached hydrogens (primary N) is 1. The molecule has 0 aliphatic rings. The molecular formula is C15H25ClN2O. The summed E-state index contributed by atoms with van der Waals surface area (Å²) in [5.41, 5.74) is 7.00. The van der Waals surface area contributed by atoms with E-state index in [1.165, 1.54) is 0 Å². The molecule has 1 aromatic carbocycles. The minimum atomic E-state index is -0.212. The lowest BCUT2D eigenvalue weighted by Crippen LogP contribution is -2.28. The first-order chi connectivity index (χ1) is 8.59. The first-order valence-corrected chi connectivity index (χ1v) is 6.67. The molecule has 0 radical (unpaired) electrons. The zero-order valence-electron chi connectivity index (χ0n) is 11.8. The number of benzene rings is 1. The minimum Gasteiger partial charge on any atom is -0.356 e. The predicted molar refractivity (Wildman–Crippen MR) is 82.3 cm³/mol. The molecular weight excluding hydrogens is 260 g/mol. The van der Waals surface area contributed by atoms with E-state index in [0.717, 1.165) is 24.9 Å². The Morgan fingerprint density at radius 1 is 1.26 bits per heavy atom. The summed E-state index contributed by atoms with van der Waals surface area (Å²) in [6, 6.07) is 9.53. The van der Waals surface area contributed by atoms with Crippen molar-refractivity contribution in [2.45, 2.75) is 39.2 Å². The van der Waals surface area contributed by atoms with Gasteiger partial charge in [0.05, 0.1) is 0 Å². The minimum absolute atomic E-state index is 0. The summed E-state index contributed by atoms with van der Waals surface area (Å²) in [5.74, 6) is 0.726. The van der Waals surface area contributed by atoms with Gasteiger partial charge >= 0.3 is 0 Å². The molecule has 1 aromatic rings. The molecule has 0 fully saturated rings. The molecule has 0 spiro atoms. The topological polar surface area (TPSA) is 55.1 Å². The lowest BCUT2D eigenvalue weighted by atomic mass is 10.0. The molecule has 0 saturated heterocycles. The molecule has 3 N–H and O–H groups in total. The van der Waals surface area contributed by atoms with E-state index in [1.54, 1.807) is 0 Å². The lowest BCUT2D eigenvalue weighted by Gasteiger charge is -2.12. The normalized spacial score (nSPS) is 11.8. The van der Waals surface area contributed by atoms with Crippen LogP contribution in [0.1, 0.15) is 44.7 Å². The Kier molecular flexibility index (Phi) is 9.27. The third kappa shape index (κ3) is 7.85. The SMILES string of the molecule is CC(C)CCCNC(=O)CC(N)c1ccccc1.Cl. The van der Waals surface area contributed by atoms with Crippen molar-refractivity contribution in [3.8, 4) is 0 Å². The van der Waals surface area contributed by atoms with Gasteiger partial charge < -0.3 is 11.1 Å². The number of hydrogen-bond acceptors (Lipinski definition) is 2. The van der Waals surface area contributed by atoms with Crippen LogP contribution in [0.2, 0.25) is 0 Å². The number of carbonyl (C=O) groups excluding carboxylic acids is 1. The Hall–Kier alpha value is -1.06. The number of hydrogen-bond donors (Lipinski definition) is 2. The first-order valence-electron chi connectivity index (χ1n) is 6.67. The van der Waals surface area contributed by atoms with Crippen LogP contribution in [-0.4, -0.2) is 12.5 Å². The monoisotopic (exact) mass is 284 g/mol. The zero-order chi connectivity index (χ0) is 13.4. The first kappa shape index (κ1) is 17.9. The van der Waals surface area contributed by atoms with Crippen molar-refractivity contribution >= 4 is 18.3 Å². The van der Waals surface area contributed by atoms with Crippen LogP contribution in [0.4, 0.5) is 0 Å². The Bertz CT molecular complexity index is 354. The summed E-state index contributed by atoms with van der Waals surface area (Å²) >= 11 is 0. The number of halogens is 1. The molecule has 0 aliphatic heterocycles. The second kappa shape index (κ2) is 9.82. The van der Waals surface area contributed by atoms with E-state index in [1.807, 2.05) is 30.3 Å². The largest absolute Gasteiger partial charge is 0.356 e. The number of nitrogens with one attached hydrogen (secondary N) is 1. The third-order valence-electron chi connectivity index (χ3n) is 2.91. The number of rotatable bonds is 7. The maximum Gasteiger partial charge on any atom is 0.221 e. The third-order valence-corrected chi connectivity index (χ3v) is 2.91. The molecule has 1 atom stereocenters. The van der Waals surface area contributed by atoms with Crippen LogP contribution in [0.15, 0.2) is 30.3 Å². The van der Waals surface area contributed by atoms with E-state index in [4.69, 9.17) is 5.73 Å². The van der Waals surface area contributed by atoms with Crippen molar-refractivity contribution in [3.63, 3.8) is 0 Å². The summed E-state index contributed by atoms with van der Waals surface area (Å²) in [4.78, 5) is 11.7. The predicted octanol–water partition coefficient (Wildman–Crippen LogP) is 3.05. The fourth-order valence-electron chi connectivity index (χ4n) is 1.83. The molecule has 1 unspecified atom stereocenters. The summed E-state index contributed by atoms with van der Waals surface area (Å²) < 4.78 is 0. The van der Waals surface area contributed by atoms with Gasteiger partial charge in [-0.1, -0.05) is 44.2 Å². The van der Waals surface area contributed by atoms with Crippen molar-refractivity contribution < 1.29 is 4.79 Å². The molecule has 1 amide bonds. The maximum absolute atomic E-state index is 11.7. The van der Waals surface area contributed by atoms with Gasteiger partial charge in [0, 0.05) is 19.0 Å². The molecule has 3 nitrogen and oxygen atoms in total. The van der Waals surface area contributed by atoms with Crippen molar-refractivity contribution in [2.24, 2.45) is 11.7 Å². The number of amides is 1. The van der Waals surface area contributed by atoms with Gasteiger partial charge in [-0.2, -0.15) is 0 Å². The average molecular weight is 285 g/mol. The van der Waals surface area contributed by atoms with Gasteiger partial charge in [0.2, 0.25) is 5.91 Å². The molecule has 108 valence electrons. The Morgan fingerprint density at radius 3 is 2.47 bits per heavy atom. The zero-order valence-corrected chi connectivity index (χ0v) is 12.6. The van der Waals surface area contributed by atoms with Gasteiger partial charge in [-0.15, -0.1) is 12.4 Å². The van der Waals surface area contributed by atoms with Crippen molar-refractivity contribution in [3.05, 3.63) is 35.9 Å². The van der Waals surface area contributed by atoms with Gasteiger partial charge in [-0.3, -0.25) is 4.79 Å². The van der Waals surface area contributed by atoms with E-state index < -0.39 is 0 Å². The molecule has 0 saturated carbocycles. The highest BCUT2D eigenvalue weighted by Crippen LogP contribution is 2.12. The van der Waals surface area contributed by atoms with Crippen molar-refractivity contribution in [2.75, 3.05) is 6.54 Å². The summed E-state index contributed by atoms with van der Waals surface area (Å²) in [6.45, 7) is 5.12. The lowest BCUT2D eigenvalue weighted by molar-refractivity contribution is -0.121. The highest BCUT2D eigenvalue weighted by atomic mass is 35.5. The molecule has 0 aromatic heterocycles. The Labute approximate surface area is 122 Å². The van der Waals surface area contributed by atoms with Gasteiger partial charge in [0.25, 0.3) is 0 Å². The quantitative estimate of drug-likeness (QED) is 0.756. The Balaban J connectivity index is 0.00000324. The standard InChI is InChI=1S/C15H24N2O.ClH/c1-12(2)7-6-10-17-15(18)11-14(16)13-8-4-3-5-9-13;/h3-5,8-9,12,14H,6-7,10-11,16H2,1-2H3,(H,17,18);1H. The summed E-state index contributed by atoms with van der Waals surface area (Å²) in [7, 11) is 0. The summed E-state index contributed by atoms with van der Waals surface area (Å²) in [5, 5.41) is 2.92. The second-order valence-corrected chi connectivity index (χ2v) is 5.11. The highest BCUT2D eigenvalue weighted by Gasteiger charge is 2.10. The van der Waals surface area contributed by atoms with Gasteiger partial charge in [0.15, 0.2) is 0 Å². The Morgan fingerprint density at radius 2 is 1.89 bits per heavy atom. The van der Waals surface area contributed by atoms with Crippen LogP contribution in [0, 0.1) is 5.92 Å². The van der Waals surface area contributed by atoms with Crippen LogP contribution in [0.25, 0.3) is 0 Å².